The molecule has 0 saturated carbocycles. The Morgan fingerprint density at radius 2 is 1.49 bits per heavy atom. The minimum absolute atomic E-state index is 0.0849. The largest absolute Gasteiger partial charge is 0.354 e. The second kappa shape index (κ2) is 12.5. The molecule has 0 aliphatic heterocycles. The van der Waals surface area contributed by atoms with E-state index in [2.05, 4.69) is 5.32 Å². The van der Waals surface area contributed by atoms with Crippen LogP contribution in [0.25, 0.3) is 0 Å². The van der Waals surface area contributed by atoms with Gasteiger partial charge in [-0.1, -0.05) is 74.5 Å². The van der Waals surface area contributed by atoms with E-state index in [1.165, 1.54) is 17.0 Å². The summed E-state index contributed by atoms with van der Waals surface area (Å²) in [5.41, 5.74) is 2.09. The van der Waals surface area contributed by atoms with Gasteiger partial charge in [0, 0.05) is 13.1 Å². The lowest BCUT2D eigenvalue weighted by Gasteiger charge is -2.32. The summed E-state index contributed by atoms with van der Waals surface area (Å²) in [6.07, 6.45) is 0. The monoisotopic (exact) mass is 521 g/mol. The lowest BCUT2D eigenvalue weighted by atomic mass is 10.1. The summed E-state index contributed by atoms with van der Waals surface area (Å²) in [4.78, 5) is 28.3. The van der Waals surface area contributed by atoms with Gasteiger partial charge < -0.3 is 10.2 Å². The Balaban J connectivity index is 1.98. The highest BCUT2D eigenvalue weighted by Gasteiger charge is 2.32. The van der Waals surface area contributed by atoms with Gasteiger partial charge in [0.15, 0.2) is 0 Å². The van der Waals surface area contributed by atoms with Crippen LogP contribution in [0.4, 0.5) is 5.69 Å². The van der Waals surface area contributed by atoms with Gasteiger partial charge in [0.05, 0.1) is 10.6 Å². The van der Waals surface area contributed by atoms with E-state index in [0.29, 0.717) is 12.2 Å². The van der Waals surface area contributed by atoms with Gasteiger partial charge in [0.1, 0.15) is 12.6 Å². The molecule has 0 spiro atoms. The number of nitrogens with one attached hydrogen (secondary N) is 1. The van der Waals surface area contributed by atoms with Crippen LogP contribution in [-0.4, -0.2) is 44.3 Å². The quantitative estimate of drug-likeness (QED) is 0.406. The number of hydrogen-bond acceptors (Lipinski definition) is 4. The Morgan fingerprint density at radius 3 is 2.08 bits per heavy atom. The van der Waals surface area contributed by atoms with Crippen LogP contribution in [0.15, 0.2) is 89.8 Å². The Hall–Kier alpha value is -3.65. The third kappa shape index (κ3) is 7.43. The minimum Gasteiger partial charge on any atom is -0.354 e. The van der Waals surface area contributed by atoms with Gasteiger partial charge in [-0.25, -0.2) is 8.42 Å². The molecule has 0 aliphatic rings. The molecule has 3 rings (SSSR count). The van der Waals surface area contributed by atoms with Crippen molar-refractivity contribution in [3.8, 4) is 0 Å². The predicted octanol–water partition coefficient (Wildman–Crippen LogP) is 4.38. The van der Waals surface area contributed by atoms with E-state index in [1.54, 1.807) is 43.3 Å². The fraction of sp³-hybridized carbons (Fsp3) is 0.310. The van der Waals surface area contributed by atoms with Gasteiger partial charge >= 0.3 is 0 Å². The van der Waals surface area contributed by atoms with Gasteiger partial charge in [-0.2, -0.15) is 0 Å². The normalized spacial score (nSPS) is 12.1. The predicted molar refractivity (Wildman–Crippen MR) is 146 cm³/mol. The molecule has 3 aromatic carbocycles. The van der Waals surface area contributed by atoms with Crippen molar-refractivity contribution in [2.24, 2.45) is 5.92 Å². The van der Waals surface area contributed by atoms with Crippen LogP contribution in [0.1, 0.15) is 31.9 Å². The lowest BCUT2D eigenvalue weighted by Crippen LogP contribution is -2.51. The van der Waals surface area contributed by atoms with Crippen LogP contribution in [0, 0.1) is 12.8 Å². The second-order valence-electron chi connectivity index (χ2n) is 9.49. The zero-order valence-corrected chi connectivity index (χ0v) is 22.6. The molecular weight excluding hydrogens is 486 g/mol. The Kier molecular flexibility index (Phi) is 9.47. The first-order valence-corrected chi connectivity index (χ1v) is 13.8. The van der Waals surface area contributed by atoms with E-state index in [9.17, 15) is 18.0 Å². The molecule has 37 heavy (non-hydrogen) atoms. The summed E-state index contributed by atoms with van der Waals surface area (Å²) in [6, 6.07) is 23.6. The third-order valence-corrected chi connectivity index (χ3v) is 7.74. The molecule has 2 amide bonds. The van der Waals surface area contributed by atoms with E-state index >= 15 is 0 Å². The van der Waals surface area contributed by atoms with Crippen molar-refractivity contribution in [2.45, 2.75) is 45.2 Å². The average Bonchev–Trinajstić information content (AvgIpc) is 2.89. The number of rotatable bonds is 11. The molecule has 0 unspecified atom stereocenters. The van der Waals surface area contributed by atoms with Crippen LogP contribution >= 0.6 is 0 Å². The van der Waals surface area contributed by atoms with Crippen molar-refractivity contribution < 1.29 is 18.0 Å². The molecule has 0 aliphatic carbocycles. The number of carbonyl (C=O) groups excluding carboxylic acids is 2. The molecule has 0 radical (unpaired) electrons. The van der Waals surface area contributed by atoms with E-state index in [-0.39, 0.29) is 23.3 Å². The Bertz CT molecular complexity index is 1290. The maximum Gasteiger partial charge on any atom is 0.264 e. The highest BCUT2D eigenvalue weighted by molar-refractivity contribution is 7.92. The van der Waals surface area contributed by atoms with E-state index in [4.69, 9.17) is 0 Å². The molecule has 7 nitrogen and oxygen atoms in total. The van der Waals surface area contributed by atoms with Crippen molar-refractivity contribution in [3.63, 3.8) is 0 Å². The van der Waals surface area contributed by atoms with Gasteiger partial charge in [-0.3, -0.25) is 13.9 Å². The highest BCUT2D eigenvalue weighted by Crippen LogP contribution is 2.25. The lowest BCUT2D eigenvalue weighted by molar-refractivity contribution is -0.139. The summed E-state index contributed by atoms with van der Waals surface area (Å²) in [5.74, 6) is -0.509. The minimum atomic E-state index is -4.05. The number of sulfonamides is 1. The summed E-state index contributed by atoms with van der Waals surface area (Å²) in [5, 5.41) is 2.89. The van der Waals surface area contributed by atoms with Crippen LogP contribution in [0.5, 0.6) is 0 Å². The number of anilines is 1. The van der Waals surface area contributed by atoms with Gasteiger partial charge in [0.25, 0.3) is 10.0 Å². The molecule has 8 heteroatoms. The fourth-order valence-corrected chi connectivity index (χ4v) is 5.27. The van der Waals surface area contributed by atoms with Gasteiger partial charge in [0.2, 0.25) is 11.8 Å². The molecule has 0 bridgehead atoms. The topological polar surface area (TPSA) is 86.8 Å². The smallest absolute Gasteiger partial charge is 0.264 e. The number of carbonyl (C=O) groups is 2. The molecule has 3 aromatic rings. The molecule has 1 N–H and O–H groups in total. The van der Waals surface area contributed by atoms with Crippen LogP contribution < -0.4 is 9.62 Å². The van der Waals surface area contributed by atoms with Crippen molar-refractivity contribution >= 4 is 27.5 Å². The maximum atomic E-state index is 13.8. The average molecular weight is 522 g/mol. The second-order valence-corrected chi connectivity index (χ2v) is 11.3. The Morgan fingerprint density at radius 1 is 0.865 bits per heavy atom. The molecule has 0 saturated heterocycles. The first kappa shape index (κ1) is 27.9. The summed E-state index contributed by atoms with van der Waals surface area (Å²) in [7, 11) is -4.05. The third-order valence-electron chi connectivity index (χ3n) is 5.95. The standard InChI is InChI=1S/C29H35N3O4S/c1-22(2)19-30-29(34)24(4)31(20-25-13-7-5-8-14-25)28(33)21-32(26-15-11-12-23(3)18-26)37(35,36)27-16-9-6-10-17-27/h5-18,22,24H,19-21H2,1-4H3,(H,30,34)/t24-/m0/s1. The van der Waals surface area contributed by atoms with Crippen molar-refractivity contribution in [2.75, 3.05) is 17.4 Å². The van der Waals surface area contributed by atoms with Crippen LogP contribution in [0.2, 0.25) is 0 Å². The summed E-state index contributed by atoms with van der Waals surface area (Å²) >= 11 is 0. The van der Waals surface area contributed by atoms with Crippen molar-refractivity contribution in [1.29, 1.82) is 0 Å². The van der Waals surface area contributed by atoms with Crippen LogP contribution in [-0.2, 0) is 26.2 Å². The number of benzene rings is 3. The molecule has 0 fully saturated rings. The molecule has 196 valence electrons. The molecule has 0 heterocycles. The van der Waals surface area contributed by atoms with Gasteiger partial charge in [-0.05, 0) is 55.2 Å². The zero-order chi connectivity index (χ0) is 27.0. The maximum absolute atomic E-state index is 13.8. The number of hydrogen-bond donors (Lipinski definition) is 1. The summed E-state index contributed by atoms with van der Waals surface area (Å²) < 4.78 is 28.6. The Labute approximate surface area is 220 Å². The van der Waals surface area contributed by atoms with E-state index in [0.717, 1.165) is 15.4 Å². The number of aryl methyl sites for hydroxylation is 1. The first-order valence-electron chi connectivity index (χ1n) is 12.3. The summed E-state index contributed by atoms with van der Waals surface area (Å²) in [6.45, 7) is 7.71. The van der Waals surface area contributed by atoms with Crippen LogP contribution in [0.3, 0.4) is 0 Å². The van der Waals surface area contributed by atoms with Gasteiger partial charge in [-0.15, -0.1) is 0 Å². The van der Waals surface area contributed by atoms with Crippen molar-refractivity contribution in [3.05, 3.63) is 96.1 Å². The zero-order valence-electron chi connectivity index (χ0n) is 21.8. The number of nitrogens with zero attached hydrogens (tertiary/aromatic N) is 2. The van der Waals surface area contributed by atoms with Crippen molar-refractivity contribution in [1.82, 2.24) is 10.2 Å². The SMILES string of the molecule is Cc1cccc(N(CC(=O)N(Cc2ccccc2)[C@@H](C)C(=O)NCC(C)C)S(=O)(=O)c2ccccc2)c1. The van der Waals surface area contributed by atoms with E-state index < -0.39 is 28.5 Å². The highest BCUT2D eigenvalue weighted by atomic mass is 32.2. The number of amides is 2. The molecule has 1 atom stereocenters. The first-order chi connectivity index (χ1) is 17.6. The molecular formula is C29H35N3O4S. The fourth-order valence-electron chi connectivity index (χ4n) is 3.85. The van der Waals surface area contributed by atoms with E-state index in [1.807, 2.05) is 57.2 Å². The molecule has 0 aromatic heterocycles.